The molecule has 2 atom stereocenters. The maximum absolute atomic E-state index is 13.4. The lowest BCUT2D eigenvalue weighted by Crippen LogP contribution is -2.68. The Hall–Kier alpha value is -2.17. The third-order valence-corrected chi connectivity index (χ3v) is 5.93. The summed E-state index contributed by atoms with van der Waals surface area (Å²) in [4.78, 5) is 15.4. The van der Waals surface area contributed by atoms with Gasteiger partial charge in [-0.25, -0.2) is 0 Å². The molecule has 2 N–H and O–H groups in total. The van der Waals surface area contributed by atoms with Crippen LogP contribution < -0.4 is 10.6 Å². The summed E-state index contributed by atoms with van der Waals surface area (Å²) < 4.78 is 0. The van der Waals surface area contributed by atoms with Gasteiger partial charge in [0.25, 0.3) is 0 Å². The van der Waals surface area contributed by atoms with Crippen molar-refractivity contribution in [1.82, 2.24) is 15.5 Å². The molecule has 2 aromatic rings. The molecule has 27 heavy (non-hydrogen) atoms. The summed E-state index contributed by atoms with van der Waals surface area (Å²) in [6, 6.07) is 20.9. The Morgan fingerprint density at radius 1 is 1.04 bits per heavy atom. The van der Waals surface area contributed by atoms with Gasteiger partial charge in [-0.05, 0) is 37.6 Å². The summed E-state index contributed by atoms with van der Waals surface area (Å²) in [5.41, 5.74) is 2.36. The maximum Gasteiger partial charge on any atom is 0.227 e. The molecule has 3 rings (SSSR count). The molecule has 0 saturated carbocycles. The zero-order valence-electron chi connectivity index (χ0n) is 16.6. The van der Waals surface area contributed by atoms with E-state index in [4.69, 9.17) is 0 Å². The second kappa shape index (κ2) is 8.68. The van der Waals surface area contributed by atoms with Crippen molar-refractivity contribution < 1.29 is 4.79 Å². The molecule has 4 nitrogen and oxygen atoms in total. The van der Waals surface area contributed by atoms with E-state index in [9.17, 15) is 4.79 Å². The summed E-state index contributed by atoms with van der Waals surface area (Å²) in [6.45, 7) is 4.31. The van der Waals surface area contributed by atoms with Crippen LogP contribution in [0.5, 0.6) is 0 Å². The van der Waals surface area contributed by atoms with Crippen molar-refractivity contribution in [2.24, 2.45) is 5.92 Å². The van der Waals surface area contributed by atoms with Crippen molar-refractivity contribution in [3.05, 3.63) is 71.8 Å². The van der Waals surface area contributed by atoms with Crippen LogP contribution in [-0.2, 0) is 10.3 Å². The lowest BCUT2D eigenvalue weighted by Gasteiger charge is -2.51. The van der Waals surface area contributed by atoms with Gasteiger partial charge >= 0.3 is 0 Å². The molecule has 2 aromatic carbocycles. The van der Waals surface area contributed by atoms with E-state index in [0.29, 0.717) is 6.54 Å². The summed E-state index contributed by atoms with van der Waals surface area (Å²) in [5.74, 6) is 0.433. The number of likely N-dealkylation sites (N-methyl/N-ethyl adjacent to an activating group) is 1. The monoisotopic (exact) mass is 365 g/mol. The third kappa shape index (κ3) is 3.92. The molecule has 0 spiro atoms. The molecule has 1 fully saturated rings. The highest BCUT2D eigenvalue weighted by atomic mass is 16.2. The van der Waals surface area contributed by atoms with E-state index < -0.39 is 0 Å². The zero-order valence-corrected chi connectivity index (χ0v) is 16.6. The van der Waals surface area contributed by atoms with Crippen LogP contribution in [0.4, 0.5) is 0 Å². The number of rotatable bonds is 8. The minimum Gasteiger partial charge on any atom is -0.338 e. The first-order valence-corrected chi connectivity index (χ1v) is 9.88. The van der Waals surface area contributed by atoms with Gasteiger partial charge in [0.05, 0.1) is 11.5 Å². The quantitative estimate of drug-likeness (QED) is 0.756. The van der Waals surface area contributed by atoms with Gasteiger partial charge < -0.3 is 15.5 Å². The molecule has 1 heterocycles. The van der Waals surface area contributed by atoms with Crippen molar-refractivity contribution in [2.75, 3.05) is 33.7 Å². The number of carbonyl (C=O) groups excluding carboxylic acids is 1. The first-order valence-electron chi connectivity index (χ1n) is 9.88. The Labute approximate surface area is 163 Å². The molecule has 1 amide bonds. The van der Waals surface area contributed by atoms with Gasteiger partial charge in [-0.15, -0.1) is 0 Å². The SMILES string of the molecule is CC[C@@H](c1ccccc1)[C@@H](CNC)C(=O)N1CC(NC)(c2ccccc2)C1. The van der Waals surface area contributed by atoms with E-state index in [2.05, 4.69) is 66.1 Å². The Bertz CT molecular complexity index is 726. The Balaban J connectivity index is 1.77. The van der Waals surface area contributed by atoms with E-state index in [-0.39, 0.29) is 23.3 Å². The molecule has 1 aliphatic rings. The Morgan fingerprint density at radius 3 is 2.15 bits per heavy atom. The minimum absolute atomic E-state index is 0.0481. The van der Waals surface area contributed by atoms with Crippen LogP contribution in [0, 0.1) is 5.92 Å². The zero-order chi connectivity index (χ0) is 19.3. The van der Waals surface area contributed by atoms with E-state index in [0.717, 1.165) is 19.5 Å². The maximum atomic E-state index is 13.4. The van der Waals surface area contributed by atoms with Gasteiger partial charge in [0, 0.05) is 19.6 Å². The summed E-state index contributed by atoms with van der Waals surface area (Å²) in [7, 11) is 3.91. The van der Waals surface area contributed by atoms with Gasteiger partial charge in [-0.2, -0.15) is 0 Å². The summed E-state index contributed by atoms with van der Waals surface area (Å²) >= 11 is 0. The van der Waals surface area contributed by atoms with E-state index in [1.165, 1.54) is 11.1 Å². The molecule has 144 valence electrons. The highest BCUT2D eigenvalue weighted by Gasteiger charge is 2.47. The standard InChI is InChI=1S/C23H31N3O/c1-4-20(18-11-7-5-8-12-18)21(15-24-2)22(27)26-16-23(17-26,25-3)19-13-9-6-10-14-19/h5-14,20-21,24-25H,4,15-17H2,1-3H3/t20-,21+/m0/s1. The smallest absolute Gasteiger partial charge is 0.227 e. The van der Waals surface area contributed by atoms with Crippen molar-refractivity contribution >= 4 is 5.91 Å². The van der Waals surface area contributed by atoms with E-state index in [1.807, 2.05) is 31.1 Å². The molecule has 0 bridgehead atoms. The largest absolute Gasteiger partial charge is 0.338 e. The van der Waals surface area contributed by atoms with Crippen LogP contribution in [0.2, 0.25) is 0 Å². The average molecular weight is 366 g/mol. The summed E-state index contributed by atoms with van der Waals surface area (Å²) in [5, 5.41) is 6.69. The number of likely N-dealkylation sites (tertiary alicyclic amines) is 1. The van der Waals surface area contributed by atoms with Gasteiger partial charge in [-0.1, -0.05) is 67.6 Å². The van der Waals surface area contributed by atoms with Crippen LogP contribution in [0.15, 0.2) is 60.7 Å². The highest BCUT2D eigenvalue weighted by Crippen LogP contribution is 2.36. The normalized spacial score (nSPS) is 17.8. The molecule has 0 radical (unpaired) electrons. The molecule has 1 aliphatic heterocycles. The number of carbonyl (C=O) groups is 1. The second-order valence-electron chi connectivity index (χ2n) is 7.48. The van der Waals surface area contributed by atoms with Gasteiger partial charge in [0.2, 0.25) is 5.91 Å². The van der Waals surface area contributed by atoms with Gasteiger partial charge in [0.1, 0.15) is 0 Å². The van der Waals surface area contributed by atoms with Crippen molar-refractivity contribution in [3.63, 3.8) is 0 Å². The number of amides is 1. The number of hydrogen-bond acceptors (Lipinski definition) is 3. The van der Waals surface area contributed by atoms with E-state index >= 15 is 0 Å². The number of nitrogens with zero attached hydrogens (tertiary/aromatic N) is 1. The molecule has 0 aliphatic carbocycles. The lowest BCUT2D eigenvalue weighted by molar-refractivity contribution is -0.145. The fraction of sp³-hybridized carbons (Fsp3) is 0.435. The first kappa shape index (κ1) is 19.6. The Morgan fingerprint density at radius 2 is 1.63 bits per heavy atom. The second-order valence-corrected chi connectivity index (χ2v) is 7.48. The molecule has 4 heteroatoms. The number of nitrogens with one attached hydrogen (secondary N) is 2. The average Bonchev–Trinajstić information content (AvgIpc) is 2.69. The third-order valence-electron chi connectivity index (χ3n) is 5.93. The van der Waals surface area contributed by atoms with Crippen molar-refractivity contribution in [1.29, 1.82) is 0 Å². The van der Waals surface area contributed by atoms with Crippen molar-refractivity contribution in [3.8, 4) is 0 Å². The molecule has 0 unspecified atom stereocenters. The molecule has 0 aromatic heterocycles. The minimum atomic E-state index is -0.129. The van der Waals surface area contributed by atoms with Crippen LogP contribution >= 0.6 is 0 Å². The predicted molar refractivity (Wildman–Crippen MR) is 111 cm³/mol. The fourth-order valence-electron chi connectivity index (χ4n) is 4.31. The molecular weight excluding hydrogens is 334 g/mol. The van der Waals surface area contributed by atoms with Gasteiger partial charge in [-0.3, -0.25) is 4.79 Å². The Kier molecular flexibility index (Phi) is 6.30. The van der Waals surface area contributed by atoms with Gasteiger partial charge in [0.15, 0.2) is 0 Å². The topological polar surface area (TPSA) is 44.4 Å². The van der Waals surface area contributed by atoms with Crippen LogP contribution in [0.25, 0.3) is 0 Å². The number of benzene rings is 2. The summed E-state index contributed by atoms with van der Waals surface area (Å²) in [6.07, 6.45) is 0.950. The lowest BCUT2D eigenvalue weighted by atomic mass is 9.78. The van der Waals surface area contributed by atoms with Crippen LogP contribution in [-0.4, -0.2) is 44.5 Å². The van der Waals surface area contributed by atoms with Crippen molar-refractivity contribution in [2.45, 2.75) is 24.8 Å². The number of hydrogen-bond donors (Lipinski definition) is 2. The van der Waals surface area contributed by atoms with E-state index in [1.54, 1.807) is 0 Å². The fourth-order valence-corrected chi connectivity index (χ4v) is 4.31. The van der Waals surface area contributed by atoms with Crippen LogP contribution in [0.3, 0.4) is 0 Å². The first-order chi connectivity index (χ1) is 13.1. The molecular formula is C23H31N3O. The molecule has 1 saturated heterocycles. The highest BCUT2D eigenvalue weighted by molar-refractivity contribution is 5.81. The predicted octanol–water partition coefficient (Wildman–Crippen LogP) is 2.97. The van der Waals surface area contributed by atoms with Crippen LogP contribution in [0.1, 0.15) is 30.4 Å².